The average Bonchev–Trinajstić information content (AvgIpc) is 2.05. The van der Waals surface area contributed by atoms with Crippen LogP contribution in [0.25, 0.3) is 0 Å². The third-order valence-corrected chi connectivity index (χ3v) is 5.19. The molecule has 0 aliphatic heterocycles. The van der Waals surface area contributed by atoms with E-state index in [1.807, 2.05) is 0 Å². The van der Waals surface area contributed by atoms with Gasteiger partial charge in [0.15, 0.2) is 0 Å². The molecule has 1 rings (SSSR count). The molecule has 0 aromatic heterocycles. The zero-order chi connectivity index (χ0) is 8.27. The van der Waals surface area contributed by atoms with Gasteiger partial charge in [0.25, 0.3) is 0 Å². The van der Waals surface area contributed by atoms with Gasteiger partial charge in [0.05, 0.1) is 0 Å². The van der Waals surface area contributed by atoms with Gasteiger partial charge in [-0.2, -0.15) is 0 Å². The third-order valence-electron chi connectivity index (χ3n) is 2.74. The second-order valence-corrected chi connectivity index (χ2v) is 5.52. The number of rotatable bonds is 2. The summed E-state index contributed by atoms with van der Waals surface area (Å²) in [7, 11) is 0. The summed E-state index contributed by atoms with van der Waals surface area (Å²) in [6.07, 6.45) is 7.43. The largest absolute Gasteiger partial charge is 0.0820 e. The maximum atomic E-state index is 2.65. The summed E-state index contributed by atoms with van der Waals surface area (Å²) in [5.74, 6) is 1.91. The van der Waals surface area contributed by atoms with Crippen LogP contribution in [0.3, 0.4) is 0 Å². The summed E-state index contributed by atoms with van der Waals surface area (Å²) in [4.78, 5) is 0. The van der Waals surface area contributed by atoms with Crippen molar-refractivity contribution in [1.82, 2.24) is 0 Å². The Morgan fingerprint density at radius 3 is 2.09 bits per heavy atom. The highest BCUT2D eigenvalue weighted by atomic mass is 127. The fourth-order valence-electron chi connectivity index (χ4n) is 2.00. The van der Waals surface area contributed by atoms with E-state index in [4.69, 9.17) is 0 Å². The van der Waals surface area contributed by atoms with Crippen LogP contribution in [0.1, 0.15) is 46.0 Å². The first kappa shape index (κ1) is 9.82. The second-order valence-electron chi connectivity index (χ2n) is 4.09. The molecule has 11 heavy (non-hydrogen) atoms. The lowest BCUT2D eigenvalue weighted by atomic mass is 9.84. The molecule has 0 amide bonds. The number of halogens is 1. The first-order valence-electron chi connectivity index (χ1n) is 4.86. The van der Waals surface area contributed by atoms with Crippen molar-refractivity contribution >= 4 is 22.6 Å². The minimum absolute atomic E-state index is 0.874. The van der Waals surface area contributed by atoms with E-state index in [-0.39, 0.29) is 0 Å². The van der Waals surface area contributed by atoms with E-state index in [0.717, 1.165) is 15.8 Å². The molecule has 0 N–H and O–H groups in total. The molecule has 1 aliphatic carbocycles. The quantitative estimate of drug-likeness (QED) is 0.523. The van der Waals surface area contributed by atoms with Crippen LogP contribution in [-0.4, -0.2) is 3.92 Å². The Balaban J connectivity index is 2.32. The molecule has 0 heterocycles. The smallest absolute Gasteiger partial charge is 0.0161 e. The molecule has 0 nitrogen and oxygen atoms in total. The van der Waals surface area contributed by atoms with Crippen molar-refractivity contribution in [2.45, 2.75) is 49.9 Å². The fourth-order valence-corrected chi connectivity index (χ4v) is 2.72. The molecule has 1 heteroatoms. The predicted octanol–water partition coefficient (Wildman–Crippen LogP) is 4.03. The van der Waals surface area contributed by atoms with Gasteiger partial charge in [0, 0.05) is 3.92 Å². The molecule has 0 radical (unpaired) electrons. The highest BCUT2D eigenvalue weighted by Gasteiger charge is 2.23. The van der Waals surface area contributed by atoms with Crippen molar-refractivity contribution < 1.29 is 0 Å². The van der Waals surface area contributed by atoms with Crippen molar-refractivity contribution in [3.8, 4) is 0 Å². The molecule has 1 fully saturated rings. The normalized spacial score (nSPS) is 24.0. The number of hydrogen-bond acceptors (Lipinski definition) is 0. The highest BCUT2D eigenvalue weighted by molar-refractivity contribution is 14.1. The molecule has 1 aliphatic rings. The predicted molar refractivity (Wildman–Crippen MR) is 59.2 cm³/mol. The van der Waals surface area contributed by atoms with Gasteiger partial charge in [-0.1, -0.05) is 55.7 Å². The lowest BCUT2D eigenvalue weighted by Crippen LogP contribution is -2.22. The van der Waals surface area contributed by atoms with Gasteiger partial charge in [-0.05, 0) is 24.7 Å². The van der Waals surface area contributed by atoms with Crippen molar-refractivity contribution in [2.75, 3.05) is 0 Å². The fraction of sp³-hybridized carbons (Fsp3) is 1.00. The molecular formula is C10H19I. The molecule has 0 saturated heterocycles. The van der Waals surface area contributed by atoms with E-state index in [9.17, 15) is 0 Å². The first-order chi connectivity index (χ1) is 5.22. The summed E-state index contributed by atoms with van der Waals surface area (Å²) < 4.78 is 0.924. The van der Waals surface area contributed by atoms with Gasteiger partial charge in [-0.3, -0.25) is 0 Å². The lowest BCUT2D eigenvalue weighted by molar-refractivity contribution is 0.324. The Hall–Kier alpha value is 0.730. The SMILES string of the molecule is CC(C)C(I)C1CCCCC1. The van der Waals surface area contributed by atoms with Crippen LogP contribution in [-0.2, 0) is 0 Å². The van der Waals surface area contributed by atoms with Gasteiger partial charge >= 0.3 is 0 Å². The molecule has 1 saturated carbocycles. The summed E-state index contributed by atoms with van der Waals surface area (Å²) in [5, 5.41) is 0. The maximum Gasteiger partial charge on any atom is 0.0161 e. The van der Waals surface area contributed by atoms with E-state index in [1.54, 1.807) is 0 Å². The lowest BCUT2D eigenvalue weighted by Gasteiger charge is -2.28. The topological polar surface area (TPSA) is 0 Å². The van der Waals surface area contributed by atoms with Crippen molar-refractivity contribution in [3.63, 3.8) is 0 Å². The average molecular weight is 266 g/mol. The monoisotopic (exact) mass is 266 g/mol. The summed E-state index contributed by atoms with van der Waals surface area (Å²) in [6, 6.07) is 0. The van der Waals surface area contributed by atoms with E-state index in [0.29, 0.717) is 0 Å². The Labute approximate surface area is 84.3 Å². The summed E-state index contributed by atoms with van der Waals surface area (Å²) in [5.41, 5.74) is 0. The zero-order valence-corrected chi connectivity index (χ0v) is 9.80. The summed E-state index contributed by atoms with van der Waals surface area (Å²) in [6.45, 7) is 4.71. The van der Waals surface area contributed by atoms with Gasteiger partial charge < -0.3 is 0 Å². The number of hydrogen-bond donors (Lipinski definition) is 0. The molecule has 0 aromatic rings. The van der Waals surface area contributed by atoms with Crippen LogP contribution in [0.5, 0.6) is 0 Å². The van der Waals surface area contributed by atoms with Crippen LogP contribution >= 0.6 is 22.6 Å². The van der Waals surface area contributed by atoms with Crippen LogP contribution in [0.4, 0.5) is 0 Å². The number of alkyl halides is 1. The van der Waals surface area contributed by atoms with E-state index in [2.05, 4.69) is 36.4 Å². The zero-order valence-electron chi connectivity index (χ0n) is 7.65. The van der Waals surface area contributed by atoms with Crippen molar-refractivity contribution in [3.05, 3.63) is 0 Å². The molecule has 1 unspecified atom stereocenters. The summed E-state index contributed by atoms with van der Waals surface area (Å²) >= 11 is 2.65. The minimum atomic E-state index is 0.874. The molecule has 0 spiro atoms. The Bertz CT molecular complexity index is 103. The molecular weight excluding hydrogens is 247 g/mol. The van der Waals surface area contributed by atoms with Gasteiger partial charge in [-0.15, -0.1) is 0 Å². The van der Waals surface area contributed by atoms with Gasteiger partial charge in [0.1, 0.15) is 0 Å². The Kier molecular flexibility index (Phi) is 4.18. The highest BCUT2D eigenvalue weighted by Crippen LogP contribution is 2.33. The van der Waals surface area contributed by atoms with Crippen molar-refractivity contribution in [2.24, 2.45) is 11.8 Å². The second kappa shape index (κ2) is 4.68. The van der Waals surface area contributed by atoms with Crippen LogP contribution in [0, 0.1) is 11.8 Å². The minimum Gasteiger partial charge on any atom is -0.0820 e. The van der Waals surface area contributed by atoms with Gasteiger partial charge in [0.2, 0.25) is 0 Å². The van der Waals surface area contributed by atoms with Crippen LogP contribution in [0.2, 0.25) is 0 Å². The van der Waals surface area contributed by atoms with Gasteiger partial charge in [-0.25, -0.2) is 0 Å². The standard InChI is InChI=1S/C10H19I/c1-8(2)10(11)9-6-4-3-5-7-9/h8-10H,3-7H2,1-2H3. The third kappa shape index (κ3) is 2.92. The molecule has 1 atom stereocenters. The van der Waals surface area contributed by atoms with Crippen LogP contribution in [0.15, 0.2) is 0 Å². The van der Waals surface area contributed by atoms with E-state index >= 15 is 0 Å². The maximum absolute atomic E-state index is 2.65. The molecule has 0 bridgehead atoms. The van der Waals surface area contributed by atoms with E-state index < -0.39 is 0 Å². The Morgan fingerprint density at radius 2 is 1.64 bits per heavy atom. The molecule has 0 aromatic carbocycles. The van der Waals surface area contributed by atoms with Crippen molar-refractivity contribution in [1.29, 1.82) is 0 Å². The first-order valence-corrected chi connectivity index (χ1v) is 6.10. The molecule has 66 valence electrons. The Morgan fingerprint density at radius 1 is 1.09 bits per heavy atom. The van der Waals surface area contributed by atoms with Crippen LogP contribution < -0.4 is 0 Å². The van der Waals surface area contributed by atoms with E-state index in [1.165, 1.54) is 32.1 Å².